The Labute approximate surface area is 160 Å². The van der Waals surface area contributed by atoms with Crippen LogP contribution in [0.5, 0.6) is 0 Å². The first-order valence-corrected chi connectivity index (χ1v) is 10.9. The Morgan fingerprint density at radius 2 is 1.63 bits per heavy atom. The summed E-state index contributed by atoms with van der Waals surface area (Å²) in [5.41, 5.74) is 0.314. The lowest BCUT2D eigenvalue weighted by atomic mass is 10.0. The van der Waals surface area contributed by atoms with Crippen molar-refractivity contribution < 1.29 is 23.1 Å². The summed E-state index contributed by atoms with van der Waals surface area (Å²) in [5, 5.41) is 9.34. The molecule has 0 radical (unpaired) electrons. The molecule has 148 valence electrons. The van der Waals surface area contributed by atoms with Crippen LogP contribution in [-0.2, 0) is 14.8 Å². The average molecular weight is 394 g/mol. The molecule has 2 fully saturated rings. The molecule has 0 aromatic heterocycles. The normalized spacial score (nSPS) is 22.6. The van der Waals surface area contributed by atoms with Gasteiger partial charge in [0.25, 0.3) is 5.91 Å². The molecule has 0 spiro atoms. The fraction of sp³-hybridized carbons (Fsp3) is 0.579. The molecule has 1 aromatic rings. The van der Waals surface area contributed by atoms with E-state index in [9.17, 15) is 23.1 Å². The summed E-state index contributed by atoms with van der Waals surface area (Å²) in [7, 11) is -3.56. The van der Waals surface area contributed by atoms with E-state index < -0.39 is 22.0 Å². The van der Waals surface area contributed by atoms with Gasteiger partial charge in [0.2, 0.25) is 10.0 Å². The Balaban J connectivity index is 1.76. The molecule has 2 aliphatic rings. The Kier molecular flexibility index (Phi) is 5.86. The molecule has 27 heavy (non-hydrogen) atoms. The highest BCUT2D eigenvalue weighted by atomic mass is 32.2. The van der Waals surface area contributed by atoms with Gasteiger partial charge in [0.05, 0.1) is 4.90 Å². The quantitative estimate of drug-likeness (QED) is 0.845. The third kappa shape index (κ3) is 4.16. The van der Waals surface area contributed by atoms with E-state index in [2.05, 4.69) is 6.92 Å². The predicted octanol–water partition coefficient (Wildman–Crippen LogP) is 2.19. The molecule has 7 nitrogen and oxygen atoms in total. The summed E-state index contributed by atoms with van der Waals surface area (Å²) < 4.78 is 27.0. The lowest BCUT2D eigenvalue weighted by Crippen LogP contribution is -2.48. The lowest BCUT2D eigenvalue weighted by molar-refractivity contribution is -0.143. The van der Waals surface area contributed by atoms with Gasteiger partial charge in [0.1, 0.15) is 6.04 Å². The van der Waals surface area contributed by atoms with E-state index in [1.807, 2.05) is 0 Å². The van der Waals surface area contributed by atoms with Crippen molar-refractivity contribution in [1.82, 2.24) is 9.21 Å². The van der Waals surface area contributed by atoms with Crippen molar-refractivity contribution in [3.05, 3.63) is 29.8 Å². The van der Waals surface area contributed by atoms with Crippen LogP contribution in [0.3, 0.4) is 0 Å². The second-order valence-corrected chi connectivity index (χ2v) is 9.40. The van der Waals surface area contributed by atoms with Crippen LogP contribution in [0.4, 0.5) is 0 Å². The molecule has 8 heteroatoms. The van der Waals surface area contributed by atoms with E-state index in [-0.39, 0.29) is 10.8 Å². The maximum Gasteiger partial charge on any atom is 0.326 e. The minimum atomic E-state index is -3.56. The highest BCUT2D eigenvalue weighted by Gasteiger charge is 2.33. The van der Waals surface area contributed by atoms with Gasteiger partial charge in [-0.15, -0.1) is 0 Å². The van der Waals surface area contributed by atoms with E-state index in [0.717, 1.165) is 25.7 Å². The van der Waals surface area contributed by atoms with Crippen molar-refractivity contribution in [2.45, 2.75) is 50.0 Å². The first kappa shape index (κ1) is 19.8. The number of hydrogen-bond donors (Lipinski definition) is 1. The molecular formula is C19H26N2O5S. The number of nitrogens with zero attached hydrogens (tertiary/aromatic N) is 2. The van der Waals surface area contributed by atoms with Crippen LogP contribution < -0.4 is 0 Å². The minimum Gasteiger partial charge on any atom is -0.480 e. The summed E-state index contributed by atoms with van der Waals surface area (Å²) in [5.74, 6) is -0.831. The highest BCUT2D eigenvalue weighted by molar-refractivity contribution is 7.89. The Hall–Kier alpha value is -1.93. The molecule has 1 atom stereocenters. The maximum absolute atomic E-state index is 12.8. The summed E-state index contributed by atoms with van der Waals surface area (Å²) in [6.07, 6.45) is 3.70. The number of rotatable bonds is 4. The number of sulfonamides is 1. The van der Waals surface area contributed by atoms with Gasteiger partial charge >= 0.3 is 5.97 Å². The molecule has 1 N–H and O–H groups in total. The number of carboxylic acids is 1. The molecule has 1 amide bonds. The number of piperidine rings is 2. The van der Waals surface area contributed by atoms with Crippen molar-refractivity contribution in [2.75, 3.05) is 19.6 Å². The van der Waals surface area contributed by atoms with Crippen LogP contribution in [0, 0.1) is 5.92 Å². The van der Waals surface area contributed by atoms with Crippen LogP contribution in [0.2, 0.25) is 0 Å². The third-order valence-corrected chi connectivity index (χ3v) is 7.44. The SMILES string of the molecule is CC1CCN(S(=O)(=O)c2ccc(C(=O)N3CCCC[C@@H]3C(=O)O)cc2)CC1. The zero-order chi connectivity index (χ0) is 19.6. The Bertz CT molecular complexity index is 798. The first-order valence-electron chi connectivity index (χ1n) is 9.44. The van der Waals surface area contributed by atoms with E-state index in [0.29, 0.717) is 37.5 Å². The predicted molar refractivity (Wildman–Crippen MR) is 99.9 cm³/mol. The highest BCUT2D eigenvalue weighted by Crippen LogP contribution is 2.25. The van der Waals surface area contributed by atoms with Gasteiger partial charge in [-0.3, -0.25) is 4.79 Å². The number of benzene rings is 1. The topological polar surface area (TPSA) is 95.0 Å². The van der Waals surface area contributed by atoms with Crippen molar-refractivity contribution in [3.8, 4) is 0 Å². The smallest absolute Gasteiger partial charge is 0.326 e. The number of aliphatic carboxylic acids is 1. The van der Waals surface area contributed by atoms with Gasteiger partial charge in [0, 0.05) is 25.2 Å². The largest absolute Gasteiger partial charge is 0.480 e. The van der Waals surface area contributed by atoms with Crippen LogP contribution in [-0.4, -0.2) is 60.3 Å². The van der Waals surface area contributed by atoms with Gasteiger partial charge in [0.15, 0.2) is 0 Å². The van der Waals surface area contributed by atoms with Gasteiger partial charge in [-0.1, -0.05) is 6.92 Å². The van der Waals surface area contributed by atoms with E-state index >= 15 is 0 Å². The van der Waals surface area contributed by atoms with Crippen molar-refractivity contribution in [2.24, 2.45) is 5.92 Å². The van der Waals surface area contributed by atoms with Crippen molar-refractivity contribution in [1.29, 1.82) is 0 Å². The molecule has 0 saturated carbocycles. The monoisotopic (exact) mass is 394 g/mol. The second kappa shape index (κ2) is 7.98. The second-order valence-electron chi connectivity index (χ2n) is 7.46. The summed E-state index contributed by atoms with van der Waals surface area (Å²) >= 11 is 0. The number of amides is 1. The third-order valence-electron chi connectivity index (χ3n) is 5.53. The van der Waals surface area contributed by atoms with Crippen molar-refractivity contribution >= 4 is 21.9 Å². The molecule has 2 saturated heterocycles. The fourth-order valence-electron chi connectivity index (χ4n) is 3.74. The van der Waals surface area contributed by atoms with Gasteiger partial charge in [-0.05, 0) is 62.3 Å². The van der Waals surface area contributed by atoms with Crippen LogP contribution in [0.1, 0.15) is 49.4 Å². The van der Waals surface area contributed by atoms with Crippen LogP contribution >= 0.6 is 0 Å². The van der Waals surface area contributed by atoms with E-state index in [1.54, 1.807) is 0 Å². The molecule has 2 heterocycles. The molecule has 0 unspecified atom stereocenters. The molecule has 3 rings (SSSR count). The average Bonchev–Trinajstić information content (AvgIpc) is 2.68. The molecular weight excluding hydrogens is 368 g/mol. The summed E-state index contributed by atoms with van der Waals surface area (Å²) in [6, 6.07) is 5.04. The molecule has 0 aliphatic carbocycles. The molecule has 2 aliphatic heterocycles. The van der Waals surface area contributed by atoms with Gasteiger partial charge in [-0.2, -0.15) is 4.31 Å². The zero-order valence-electron chi connectivity index (χ0n) is 15.5. The Morgan fingerprint density at radius 3 is 2.22 bits per heavy atom. The number of carbonyl (C=O) groups excluding carboxylic acids is 1. The van der Waals surface area contributed by atoms with E-state index in [1.165, 1.54) is 33.5 Å². The molecule has 0 bridgehead atoms. The fourth-order valence-corrected chi connectivity index (χ4v) is 5.21. The number of hydrogen-bond acceptors (Lipinski definition) is 4. The maximum atomic E-state index is 12.8. The van der Waals surface area contributed by atoms with E-state index in [4.69, 9.17) is 0 Å². The summed E-state index contributed by atoms with van der Waals surface area (Å²) in [4.78, 5) is 25.7. The van der Waals surface area contributed by atoms with Gasteiger partial charge < -0.3 is 10.0 Å². The van der Waals surface area contributed by atoms with Gasteiger partial charge in [-0.25, -0.2) is 13.2 Å². The summed E-state index contributed by atoms with van der Waals surface area (Å²) in [6.45, 7) is 3.55. The minimum absolute atomic E-state index is 0.169. The van der Waals surface area contributed by atoms with Crippen LogP contribution in [0.15, 0.2) is 29.2 Å². The number of carbonyl (C=O) groups is 2. The van der Waals surface area contributed by atoms with Crippen molar-refractivity contribution in [3.63, 3.8) is 0 Å². The standard InChI is InChI=1S/C19H26N2O5S/c1-14-9-12-20(13-10-14)27(25,26)16-7-5-15(6-8-16)18(22)21-11-3-2-4-17(21)19(23)24/h5-8,14,17H,2-4,9-13H2,1H3,(H,23,24)/t17-/m1/s1. The Morgan fingerprint density at radius 1 is 1.00 bits per heavy atom. The lowest BCUT2D eigenvalue weighted by Gasteiger charge is -2.33. The number of likely N-dealkylation sites (tertiary alicyclic amines) is 1. The first-order chi connectivity index (χ1) is 12.8. The van der Waals surface area contributed by atoms with Crippen LogP contribution in [0.25, 0.3) is 0 Å². The zero-order valence-corrected chi connectivity index (χ0v) is 16.3. The number of carboxylic acid groups (broad SMARTS) is 1. The molecule has 1 aromatic carbocycles.